The van der Waals surface area contributed by atoms with Crippen LogP contribution in [-0.2, 0) is 0 Å². The lowest BCUT2D eigenvalue weighted by molar-refractivity contribution is -0.106. The van der Waals surface area contributed by atoms with Crippen LogP contribution in [0.2, 0.25) is 0 Å². The van der Waals surface area contributed by atoms with Crippen LogP contribution in [0.25, 0.3) is 0 Å². The maximum atomic E-state index is 11.0. The molecule has 1 saturated carbocycles. The van der Waals surface area contributed by atoms with E-state index in [0.29, 0.717) is 12.0 Å². The van der Waals surface area contributed by atoms with Gasteiger partial charge in [0, 0.05) is 12.6 Å². The molecule has 96 valence electrons. The lowest BCUT2D eigenvalue weighted by Gasteiger charge is -2.48. The summed E-state index contributed by atoms with van der Waals surface area (Å²) >= 11 is 0. The minimum Gasteiger partial charge on any atom is -0.388 e. The molecule has 1 heterocycles. The third-order valence-corrected chi connectivity index (χ3v) is 5.13. The van der Waals surface area contributed by atoms with Gasteiger partial charge >= 0.3 is 0 Å². The fourth-order valence-electron chi connectivity index (χ4n) is 3.68. The molecule has 4 unspecified atom stereocenters. The molecule has 0 aromatic rings. The highest BCUT2D eigenvalue weighted by Gasteiger charge is 2.55. The second-order valence-corrected chi connectivity index (χ2v) is 6.36. The smallest absolute Gasteiger partial charge is 0.0864 e. The molecule has 0 bridgehead atoms. The highest BCUT2D eigenvalue weighted by atomic mass is 16.3. The van der Waals surface area contributed by atoms with Gasteiger partial charge in [0.2, 0.25) is 0 Å². The number of piperidine rings is 1. The number of likely N-dealkylation sites (tertiary alicyclic amines) is 1. The molecule has 0 aromatic heterocycles. The van der Waals surface area contributed by atoms with Crippen molar-refractivity contribution in [2.24, 2.45) is 11.3 Å². The van der Waals surface area contributed by atoms with Crippen molar-refractivity contribution in [2.45, 2.75) is 57.6 Å². The molecular formula is C14H24N2O. The first-order valence-electron chi connectivity index (χ1n) is 6.76. The molecule has 4 atom stereocenters. The third-order valence-electron chi connectivity index (χ3n) is 5.13. The largest absolute Gasteiger partial charge is 0.388 e. The molecule has 1 aliphatic heterocycles. The second-order valence-electron chi connectivity index (χ2n) is 6.36. The van der Waals surface area contributed by atoms with Gasteiger partial charge in [0.15, 0.2) is 0 Å². The SMILES string of the molecule is CC1CCC(C#N)(C2(O)CCN(C)C(C)C2)C1. The van der Waals surface area contributed by atoms with Crippen LogP contribution < -0.4 is 0 Å². The summed E-state index contributed by atoms with van der Waals surface area (Å²) < 4.78 is 0. The lowest BCUT2D eigenvalue weighted by Crippen LogP contribution is -2.55. The molecule has 3 nitrogen and oxygen atoms in total. The van der Waals surface area contributed by atoms with E-state index in [1.165, 1.54) is 0 Å². The first-order valence-corrected chi connectivity index (χ1v) is 6.76. The van der Waals surface area contributed by atoms with Crippen molar-refractivity contribution in [1.82, 2.24) is 4.90 Å². The van der Waals surface area contributed by atoms with Gasteiger partial charge in [-0.2, -0.15) is 5.26 Å². The zero-order chi connectivity index (χ0) is 12.7. The van der Waals surface area contributed by atoms with Gasteiger partial charge < -0.3 is 10.0 Å². The van der Waals surface area contributed by atoms with Crippen molar-refractivity contribution in [3.05, 3.63) is 0 Å². The minimum absolute atomic E-state index is 0.370. The molecule has 1 N–H and O–H groups in total. The molecule has 17 heavy (non-hydrogen) atoms. The number of hydrogen-bond donors (Lipinski definition) is 1. The number of hydrogen-bond acceptors (Lipinski definition) is 3. The maximum absolute atomic E-state index is 11.0. The van der Waals surface area contributed by atoms with Crippen molar-refractivity contribution in [3.8, 4) is 6.07 Å². The van der Waals surface area contributed by atoms with E-state index in [9.17, 15) is 10.4 Å². The molecule has 1 aliphatic carbocycles. The van der Waals surface area contributed by atoms with E-state index in [1.807, 2.05) is 0 Å². The predicted molar refractivity (Wildman–Crippen MR) is 67.3 cm³/mol. The van der Waals surface area contributed by atoms with E-state index < -0.39 is 11.0 Å². The van der Waals surface area contributed by atoms with Gasteiger partial charge in [-0.1, -0.05) is 6.92 Å². The number of nitrogens with zero attached hydrogens (tertiary/aromatic N) is 2. The normalized spacial score (nSPS) is 47.9. The zero-order valence-corrected chi connectivity index (χ0v) is 11.2. The van der Waals surface area contributed by atoms with Gasteiger partial charge in [0.25, 0.3) is 0 Å². The molecule has 0 spiro atoms. The van der Waals surface area contributed by atoms with Crippen molar-refractivity contribution < 1.29 is 5.11 Å². The second kappa shape index (κ2) is 4.26. The van der Waals surface area contributed by atoms with E-state index in [0.717, 1.165) is 38.6 Å². The Kier molecular flexibility index (Phi) is 3.22. The average Bonchev–Trinajstić information content (AvgIpc) is 2.68. The molecule has 3 heteroatoms. The highest BCUT2D eigenvalue weighted by Crippen LogP contribution is 2.52. The average molecular weight is 236 g/mol. The Hall–Kier alpha value is -0.590. The van der Waals surface area contributed by atoms with Gasteiger partial charge in [-0.05, 0) is 52.0 Å². The monoisotopic (exact) mass is 236 g/mol. The van der Waals surface area contributed by atoms with Crippen molar-refractivity contribution in [3.63, 3.8) is 0 Å². The summed E-state index contributed by atoms with van der Waals surface area (Å²) in [6, 6.07) is 2.86. The highest BCUT2D eigenvalue weighted by molar-refractivity contribution is 5.16. The van der Waals surface area contributed by atoms with Crippen LogP contribution in [0, 0.1) is 22.7 Å². The van der Waals surface area contributed by atoms with Crippen LogP contribution in [0.4, 0.5) is 0 Å². The van der Waals surface area contributed by atoms with E-state index >= 15 is 0 Å². The Morgan fingerprint density at radius 3 is 2.47 bits per heavy atom. The van der Waals surface area contributed by atoms with Crippen LogP contribution in [0.15, 0.2) is 0 Å². The van der Waals surface area contributed by atoms with Crippen molar-refractivity contribution in [1.29, 1.82) is 5.26 Å². The molecule has 2 fully saturated rings. The van der Waals surface area contributed by atoms with Crippen molar-refractivity contribution in [2.75, 3.05) is 13.6 Å². The summed E-state index contributed by atoms with van der Waals surface area (Å²) in [5.41, 5.74) is -1.25. The van der Waals surface area contributed by atoms with Crippen LogP contribution in [-0.4, -0.2) is 35.2 Å². The van der Waals surface area contributed by atoms with Gasteiger partial charge in [-0.15, -0.1) is 0 Å². The Bertz CT molecular complexity index is 338. The van der Waals surface area contributed by atoms with Crippen LogP contribution in [0.5, 0.6) is 0 Å². The fourth-order valence-corrected chi connectivity index (χ4v) is 3.68. The lowest BCUT2D eigenvalue weighted by atomic mass is 9.65. The summed E-state index contributed by atoms with van der Waals surface area (Å²) in [4.78, 5) is 2.28. The fraction of sp³-hybridized carbons (Fsp3) is 0.929. The number of rotatable bonds is 1. The molecule has 0 aromatic carbocycles. The van der Waals surface area contributed by atoms with Gasteiger partial charge in [0.1, 0.15) is 0 Å². The summed E-state index contributed by atoms with van der Waals surface area (Å²) in [7, 11) is 2.10. The van der Waals surface area contributed by atoms with E-state index in [2.05, 4.69) is 31.9 Å². The van der Waals surface area contributed by atoms with E-state index in [1.54, 1.807) is 0 Å². The minimum atomic E-state index is -0.765. The standard InChI is InChI=1S/C14H24N2O/c1-11-4-5-13(8-11,10-15)14(17)6-7-16(3)12(2)9-14/h11-12,17H,4-9H2,1-3H3. The molecule has 0 amide bonds. The molecule has 2 aliphatic rings. The quantitative estimate of drug-likeness (QED) is 0.759. The Morgan fingerprint density at radius 1 is 1.29 bits per heavy atom. The van der Waals surface area contributed by atoms with Gasteiger partial charge in [-0.25, -0.2) is 0 Å². The topological polar surface area (TPSA) is 47.3 Å². The molecule has 1 saturated heterocycles. The van der Waals surface area contributed by atoms with Gasteiger partial charge in [-0.3, -0.25) is 0 Å². The van der Waals surface area contributed by atoms with E-state index in [4.69, 9.17) is 0 Å². The predicted octanol–water partition coefficient (Wildman–Crippen LogP) is 2.16. The van der Waals surface area contributed by atoms with Crippen LogP contribution >= 0.6 is 0 Å². The zero-order valence-electron chi connectivity index (χ0n) is 11.2. The Labute approximate surface area is 104 Å². The van der Waals surface area contributed by atoms with Gasteiger partial charge in [0.05, 0.1) is 17.1 Å². The number of aliphatic hydroxyl groups is 1. The summed E-state index contributed by atoms with van der Waals surface area (Å²) in [5.74, 6) is 0.577. The molecule has 2 rings (SSSR count). The molecule has 0 radical (unpaired) electrons. The first-order chi connectivity index (χ1) is 7.92. The maximum Gasteiger partial charge on any atom is 0.0864 e. The Balaban J connectivity index is 2.23. The summed E-state index contributed by atoms with van der Waals surface area (Å²) in [5, 5.41) is 20.6. The summed E-state index contributed by atoms with van der Waals surface area (Å²) in [6.07, 6.45) is 4.31. The Morgan fingerprint density at radius 2 is 2.00 bits per heavy atom. The number of nitriles is 1. The third kappa shape index (κ3) is 1.98. The van der Waals surface area contributed by atoms with Crippen LogP contribution in [0.1, 0.15) is 46.0 Å². The first kappa shape index (κ1) is 12.9. The van der Waals surface area contributed by atoms with E-state index in [-0.39, 0.29) is 0 Å². The van der Waals surface area contributed by atoms with Crippen molar-refractivity contribution >= 4 is 0 Å². The molecular weight excluding hydrogens is 212 g/mol. The van der Waals surface area contributed by atoms with Crippen LogP contribution in [0.3, 0.4) is 0 Å². The summed E-state index contributed by atoms with van der Waals surface area (Å²) in [6.45, 7) is 5.24.